The largest absolute Gasteiger partial charge is 0.416 e. The number of alkyl halides is 3. The molecule has 0 amide bonds. The molecule has 2 N–H and O–H groups in total. The van der Waals surface area contributed by atoms with E-state index in [0.717, 1.165) is 23.4 Å². The third-order valence-electron chi connectivity index (χ3n) is 3.39. The predicted molar refractivity (Wildman–Crippen MR) is 78.2 cm³/mol. The minimum absolute atomic E-state index is 0.0758. The van der Waals surface area contributed by atoms with Crippen molar-refractivity contribution < 1.29 is 18.1 Å². The van der Waals surface area contributed by atoms with Gasteiger partial charge in [-0.15, -0.1) is 0 Å². The highest BCUT2D eigenvalue weighted by Gasteiger charge is 2.32. The molecule has 0 radical (unpaired) electrons. The number of aryl methyl sites for hydroxylation is 2. The molecule has 0 fully saturated rings. The Hall–Kier alpha value is -2.58. The van der Waals surface area contributed by atoms with Gasteiger partial charge >= 0.3 is 6.18 Å². The van der Waals surface area contributed by atoms with Crippen LogP contribution in [0.3, 0.4) is 0 Å². The zero-order valence-electron chi connectivity index (χ0n) is 12.3. The Morgan fingerprint density at radius 2 is 2.13 bits per heavy atom. The van der Waals surface area contributed by atoms with Gasteiger partial charge in [0, 0.05) is 18.3 Å². The minimum Gasteiger partial charge on any atom is -0.379 e. The van der Waals surface area contributed by atoms with Gasteiger partial charge in [-0.3, -0.25) is 15.2 Å². The van der Waals surface area contributed by atoms with Crippen molar-refractivity contribution in [1.82, 2.24) is 10.2 Å². The van der Waals surface area contributed by atoms with Crippen molar-refractivity contribution >= 4 is 11.4 Å². The number of rotatable bonds is 6. The fraction of sp³-hybridized carbons (Fsp3) is 0.357. The van der Waals surface area contributed by atoms with E-state index in [1.807, 2.05) is 6.92 Å². The monoisotopic (exact) mass is 328 g/mol. The highest BCUT2D eigenvalue weighted by atomic mass is 19.4. The molecule has 1 aromatic carbocycles. The molecule has 6 nitrogen and oxygen atoms in total. The van der Waals surface area contributed by atoms with Crippen LogP contribution in [0, 0.1) is 17.0 Å². The number of aromatic amines is 1. The van der Waals surface area contributed by atoms with E-state index in [0.29, 0.717) is 25.5 Å². The van der Waals surface area contributed by atoms with Crippen LogP contribution in [-0.4, -0.2) is 21.7 Å². The van der Waals surface area contributed by atoms with Crippen molar-refractivity contribution in [3.8, 4) is 0 Å². The first-order valence-corrected chi connectivity index (χ1v) is 6.87. The summed E-state index contributed by atoms with van der Waals surface area (Å²) in [6.07, 6.45) is -1.53. The van der Waals surface area contributed by atoms with Gasteiger partial charge in [0.1, 0.15) is 5.69 Å². The van der Waals surface area contributed by atoms with Crippen LogP contribution in [-0.2, 0) is 12.6 Å². The first-order valence-electron chi connectivity index (χ1n) is 6.87. The van der Waals surface area contributed by atoms with Crippen LogP contribution in [0.4, 0.5) is 24.5 Å². The summed E-state index contributed by atoms with van der Waals surface area (Å²) < 4.78 is 37.8. The Balaban J connectivity index is 2.02. The number of aromatic nitrogens is 2. The number of nitrogens with one attached hydrogen (secondary N) is 2. The van der Waals surface area contributed by atoms with Gasteiger partial charge in [0.15, 0.2) is 0 Å². The molecule has 0 atom stereocenters. The number of anilines is 1. The molecule has 0 spiro atoms. The number of H-pyrrole nitrogens is 1. The molecule has 0 aliphatic rings. The number of hydrogen-bond donors (Lipinski definition) is 2. The van der Waals surface area contributed by atoms with Crippen LogP contribution >= 0.6 is 0 Å². The van der Waals surface area contributed by atoms with Gasteiger partial charge < -0.3 is 5.32 Å². The second kappa shape index (κ2) is 6.67. The lowest BCUT2D eigenvalue weighted by Crippen LogP contribution is -2.09. The SMILES string of the molecule is Cc1[nH]ncc1CCCNc1ccc(C(F)(F)F)cc1[N+](=O)[O-]. The van der Waals surface area contributed by atoms with E-state index in [9.17, 15) is 23.3 Å². The molecule has 1 aromatic heterocycles. The Labute approximate surface area is 129 Å². The van der Waals surface area contributed by atoms with Gasteiger partial charge in [0.25, 0.3) is 5.69 Å². The fourth-order valence-electron chi connectivity index (χ4n) is 2.14. The number of halogens is 3. The summed E-state index contributed by atoms with van der Waals surface area (Å²) in [6, 6.07) is 2.46. The number of nitro benzene ring substituents is 1. The van der Waals surface area contributed by atoms with E-state index in [1.54, 1.807) is 6.20 Å². The molecule has 0 aliphatic heterocycles. The summed E-state index contributed by atoms with van der Waals surface area (Å²) in [7, 11) is 0. The van der Waals surface area contributed by atoms with Crippen LogP contribution in [0.1, 0.15) is 23.2 Å². The lowest BCUT2D eigenvalue weighted by molar-refractivity contribution is -0.384. The molecule has 2 aromatic rings. The summed E-state index contributed by atoms with van der Waals surface area (Å²) in [5, 5.41) is 20.5. The van der Waals surface area contributed by atoms with Crippen molar-refractivity contribution in [2.45, 2.75) is 25.9 Å². The maximum Gasteiger partial charge on any atom is 0.416 e. The quantitative estimate of drug-likeness (QED) is 0.481. The topological polar surface area (TPSA) is 83.8 Å². The van der Waals surface area contributed by atoms with E-state index in [4.69, 9.17) is 0 Å². The smallest absolute Gasteiger partial charge is 0.379 e. The molecule has 0 bridgehead atoms. The number of benzene rings is 1. The van der Waals surface area contributed by atoms with E-state index < -0.39 is 22.4 Å². The molecule has 2 rings (SSSR count). The van der Waals surface area contributed by atoms with Gasteiger partial charge in [-0.1, -0.05) is 0 Å². The van der Waals surface area contributed by atoms with E-state index in [2.05, 4.69) is 15.5 Å². The second-order valence-electron chi connectivity index (χ2n) is 5.04. The van der Waals surface area contributed by atoms with Crippen molar-refractivity contribution in [1.29, 1.82) is 0 Å². The molecule has 0 aliphatic carbocycles. The van der Waals surface area contributed by atoms with Crippen LogP contribution in [0.25, 0.3) is 0 Å². The van der Waals surface area contributed by atoms with Gasteiger partial charge in [0.05, 0.1) is 16.7 Å². The van der Waals surface area contributed by atoms with E-state index in [-0.39, 0.29) is 5.69 Å². The summed E-state index contributed by atoms with van der Waals surface area (Å²) in [5.74, 6) is 0. The first-order chi connectivity index (χ1) is 10.8. The standard InChI is InChI=1S/C14H15F3N4O2/c1-9-10(8-19-20-9)3-2-6-18-12-5-4-11(14(15,16)17)7-13(12)21(22)23/h4-5,7-8,18H,2-3,6H2,1H3,(H,19,20). The van der Waals surface area contributed by atoms with Gasteiger partial charge in [-0.2, -0.15) is 18.3 Å². The third-order valence-corrected chi connectivity index (χ3v) is 3.39. The number of nitrogens with zero attached hydrogens (tertiary/aromatic N) is 2. The van der Waals surface area contributed by atoms with E-state index in [1.165, 1.54) is 0 Å². The number of nitro groups is 1. The molecule has 9 heteroatoms. The Kier molecular flexibility index (Phi) is 4.87. The summed E-state index contributed by atoms with van der Waals surface area (Å²) in [5.41, 5.74) is 0.439. The average Bonchev–Trinajstić information content (AvgIpc) is 2.88. The fourth-order valence-corrected chi connectivity index (χ4v) is 2.14. The summed E-state index contributed by atoms with van der Waals surface area (Å²) in [4.78, 5) is 10.1. The first kappa shape index (κ1) is 16.8. The molecular weight excluding hydrogens is 313 g/mol. The summed E-state index contributed by atoms with van der Waals surface area (Å²) in [6.45, 7) is 2.29. The van der Waals surface area contributed by atoms with Crippen molar-refractivity contribution in [3.05, 3.63) is 51.3 Å². The normalized spacial score (nSPS) is 11.5. The Morgan fingerprint density at radius 3 is 2.70 bits per heavy atom. The minimum atomic E-state index is -4.61. The summed E-state index contributed by atoms with van der Waals surface area (Å²) >= 11 is 0. The van der Waals surface area contributed by atoms with Gasteiger partial charge in [-0.05, 0) is 37.5 Å². The average molecular weight is 328 g/mol. The Morgan fingerprint density at radius 1 is 1.39 bits per heavy atom. The lowest BCUT2D eigenvalue weighted by Gasteiger charge is -2.10. The third kappa shape index (κ3) is 4.21. The molecule has 0 saturated heterocycles. The molecule has 0 saturated carbocycles. The van der Waals surface area contributed by atoms with Crippen LogP contribution in [0.2, 0.25) is 0 Å². The zero-order valence-corrected chi connectivity index (χ0v) is 12.3. The van der Waals surface area contributed by atoms with Gasteiger partial charge in [0.2, 0.25) is 0 Å². The highest BCUT2D eigenvalue weighted by molar-refractivity contribution is 5.62. The molecule has 23 heavy (non-hydrogen) atoms. The zero-order chi connectivity index (χ0) is 17.0. The maximum atomic E-state index is 12.6. The maximum absolute atomic E-state index is 12.6. The van der Waals surface area contributed by atoms with E-state index >= 15 is 0 Å². The second-order valence-corrected chi connectivity index (χ2v) is 5.04. The van der Waals surface area contributed by atoms with Crippen molar-refractivity contribution in [2.75, 3.05) is 11.9 Å². The van der Waals surface area contributed by atoms with Crippen molar-refractivity contribution in [3.63, 3.8) is 0 Å². The van der Waals surface area contributed by atoms with Crippen LogP contribution in [0.5, 0.6) is 0 Å². The highest BCUT2D eigenvalue weighted by Crippen LogP contribution is 2.34. The molecule has 124 valence electrons. The number of hydrogen-bond acceptors (Lipinski definition) is 4. The van der Waals surface area contributed by atoms with Crippen LogP contribution in [0.15, 0.2) is 24.4 Å². The predicted octanol–water partition coefficient (Wildman–Crippen LogP) is 3.69. The molecule has 0 unspecified atom stereocenters. The van der Waals surface area contributed by atoms with Gasteiger partial charge in [-0.25, -0.2) is 0 Å². The van der Waals surface area contributed by atoms with Crippen molar-refractivity contribution in [2.24, 2.45) is 0 Å². The Bertz CT molecular complexity index is 698. The lowest BCUT2D eigenvalue weighted by atomic mass is 10.1. The van der Waals surface area contributed by atoms with Crippen LogP contribution < -0.4 is 5.32 Å². The molecular formula is C14H15F3N4O2. The molecule has 1 heterocycles.